The van der Waals surface area contributed by atoms with Crippen molar-refractivity contribution in [1.29, 1.82) is 0 Å². The molecule has 2 rings (SSSR count). The van der Waals surface area contributed by atoms with Gasteiger partial charge in [-0.3, -0.25) is 0 Å². The van der Waals surface area contributed by atoms with Crippen LogP contribution in [0.1, 0.15) is 33.1 Å². The molecule has 4 heteroatoms. The van der Waals surface area contributed by atoms with Gasteiger partial charge in [0, 0.05) is 19.6 Å². The van der Waals surface area contributed by atoms with Gasteiger partial charge in [-0.1, -0.05) is 13.8 Å². The fourth-order valence-electron chi connectivity index (χ4n) is 2.68. The Morgan fingerprint density at radius 1 is 1.35 bits per heavy atom. The van der Waals surface area contributed by atoms with Crippen molar-refractivity contribution in [3.05, 3.63) is 0 Å². The van der Waals surface area contributed by atoms with E-state index in [-0.39, 0.29) is 12.2 Å². The zero-order valence-electron chi connectivity index (χ0n) is 10.9. The van der Waals surface area contributed by atoms with Gasteiger partial charge in [-0.2, -0.15) is 0 Å². The van der Waals surface area contributed by atoms with E-state index in [4.69, 9.17) is 4.74 Å². The van der Waals surface area contributed by atoms with E-state index in [0.29, 0.717) is 11.8 Å². The van der Waals surface area contributed by atoms with Crippen molar-refractivity contribution in [3.63, 3.8) is 0 Å². The summed E-state index contributed by atoms with van der Waals surface area (Å²) in [4.78, 5) is 13.9. The number of carbonyl (C=O) groups excluding carboxylic acids is 1. The quantitative estimate of drug-likeness (QED) is 0.760. The second-order valence-electron chi connectivity index (χ2n) is 5.59. The fraction of sp³-hybridized carbons (Fsp3) is 0.923. The molecule has 2 heterocycles. The van der Waals surface area contributed by atoms with Gasteiger partial charge >= 0.3 is 6.09 Å². The number of nitrogens with one attached hydrogen (secondary N) is 1. The molecule has 0 saturated carbocycles. The predicted octanol–water partition coefficient (Wildman–Crippen LogP) is 1.85. The normalized spacial score (nSPS) is 34.5. The lowest BCUT2D eigenvalue weighted by atomic mass is 9.97. The largest absolute Gasteiger partial charge is 0.444 e. The van der Waals surface area contributed by atoms with Crippen LogP contribution >= 0.6 is 0 Å². The summed E-state index contributed by atoms with van der Waals surface area (Å²) in [6.45, 7) is 7.92. The molecule has 1 N–H and O–H groups in total. The van der Waals surface area contributed by atoms with E-state index in [0.717, 1.165) is 39.0 Å². The SMILES string of the molecule is CC1CCCN(C(=O)OC2CNCCC2C)C1. The van der Waals surface area contributed by atoms with Crippen LogP contribution < -0.4 is 5.32 Å². The molecule has 0 aromatic carbocycles. The Balaban J connectivity index is 1.83. The minimum atomic E-state index is -0.114. The lowest BCUT2D eigenvalue weighted by Gasteiger charge is -2.34. The summed E-state index contributed by atoms with van der Waals surface area (Å²) in [7, 11) is 0. The second-order valence-corrected chi connectivity index (χ2v) is 5.59. The average Bonchev–Trinajstić information content (AvgIpc) is 2.32. The molecule has 2 aliphatic rings. The molecule has 0 spiro atoms. The van der Waals surface area contributed by atoms with E-state index in [9.17, 15) is 4.79 Å². The van der Waals surface area contributed by atoms with Gasteiger partial charge in [-0.05, 0) is 37.6 Å². The summed E-state index contributed by atoms with van der Waals surface area (Å²) in [5, 5.41) is 3.29. The maximum Gasteiger partial charge on any atom is 0.410 e. The molecule has 4 nitrogen and oxygen atoms in total. The third-order valence-corrected chi connectivity index (χ3v) is 3.92. The monoisotopic (exact) mass is 240 g/mol. The van der Waals surface area contributed by atoms with Gasteiger partial charge in [0.05, 0.1) is 0 Å². The Morgan fingerprint density at radius 3 is 2.88 bits per heavy atom. The highest BCUT2D eigenvalue weighted by atomic mass is 16.6. The molecule has 98 valence electrons. The Hall–Kier alpha value is -0.770. The van der Waals surface area contributed by atoms with Crippen LogP contribution in [0.15, 0.2) is 0 Å². The Morgan fingerprint density at radius 2 is 2.18 bits per heavy atom. The molecule has 2 fully saturated rings. The van der Waals surface area contributed by atoms with E-state index in [2.05, 4.69) is 19.2 Å². The maximum absolute atomic E-state index is 12.0. The standard InChI is InChI=1S/C13H24N2O2/c1-10-4-3-7-15(9-10)13(16)17-12-8-14-6-5-11(12)2/h10-12,14H,3-9H2,1-2H3. The second kappa shape index (κ2) is 5.71. The van der Waals surface area contributed by atoms with Crippen molar-refractivity contribution in [2.24, 2.45) is 11.8 Å². The summed E-state index contributed by atoms with van der Waals surface area (Å²) in [6.07, 6.45) is 3.36. The van der Waals surface area contributed by atoms with Crippen LogP contribution in [-0.2, 0) is 4.74 Å². The van der Waals surface area contributed by atoms with Gasteiger partial charge in [0.1, 0.15) is 6.10 Å². The van der Waals surface area contributed by atoms with Crippen LogP contribution in [0.4, 0.5) is 4.79 Å². The van der Waals surface area contributed by atoms with E-state index in [1.165, 1.54) is 6.42 Å². The zero-order valence-corrected chi connectivity index (χ0v) is 10.9. The fourth-order valence-corrected chi connectivity index (χ4v) is 2.68. The number of piperidine rings is 2. The maximum atomic E-state index is 12.0. The first kappa shape index (κ1) is 12.7. The number of hydrogen-bond acceptors (Lipinski definition) is 3. The molecule has 2 aliphatic heterocycles. The highest BCUT2D eigenvalue weighted by molar-refractivity contribution is 5.68. The molecule has 17 heavy (non-hydrogen) atoms. The number of hydrogen-bond donors (Lipinski definition) is 1. The van der Waals surface area contributed by atoms with Gasteiger partial charge < -0.3 is 15.0 Å². The topological polar surface area (TPSA) is 41.6 Å². The van der Waals surface area contributed by atoms with Crippen molar-refractivity contribution < 1.29 is 9.53 Å². The molecule has 0 aromatic rings. The van der Waals surface area contributed by atoms with Crippen LogP contribution in [0.3, 0.4) is 0 Å². The number of carbonyl (C=O) groups is 1. The summed E-state index contributed by atoms with van der Waals surface area (Å²) < 4.78 is 5.62. The molecule has 0 radical (unpaired) electrons. The Kier molecular flexibility index (Phi) is 4.26. The molecule has 3 atom stereocenters. The smallest absolute Gasteiger partial charge is 0.410 e. The van der Waals surface area contributed by atoms with Gasteiger partial charge in [-0.15, -0.1) is 0 Å². The molecule has 3 unspecified atom stereocenters. The predicted molar refractivity (Wildman–Crippen MR) is 66.9 cm³/mol. The van der Waals surface area contributed by atoms with Gasteiger partial charge in [0.25, 0.3) is 0 Å². The van der Waals surface area contributed by atoms with Crippen molar-refractivity contribution in [2.75, 3.05) is 26.2 Å². The third kappa shape index (κ3) is 3.35. The molecule has 2 saturated heterocycles. The van der Waals surface area contributed by atoms with E-state index >= 15 is 0 Å². The van der Waals surface area contributed by atoms with Crippen LogP contribution in [0.25, 0.3) is 0 Å². The van der Waals surface area contributed by atoms with E-state index in [1.54, 1.807) is 0 Å². The summed E-state index contributed by atoms with van der Waals surface area (Å²) >= 11 is 0. The first-order valence-electron chi connectivity index (χ1n) is 6.83. The average molecular weight is 240 g/mol. The summed E-state index contributed by atoms with van der Waals surface area (Å²) in [6, 6.07) is 0. The van der Waals surface area contributed by atoms with Crippen molar-refractivity contribution >= 4 is 6.09 Å². The molecule has 0 aliphatic carbocycles. The van der Waals surface area contributed by atoms with Gasteiger partial charge in [0.2, 0.25) is 0 Å². The third-order valence-electron chi connectivity index (χ3n) is 3.92. The zero-order chi connectivity index (χ0) is 12.3. The van der Waals surface area contributed by atoms with Crippen LogP contribution in [-0.4, -0.2) is 43.3 Å². The number of likely N-dealkylation sites (tertiary alicyclic amines) is 1. The van der Waals surface area contributed by atoms with Gasteiger partial charge in [0.15, 0.2) is 0 Å². The van der Waals surface area contributed by atoms with E-state index < -0.39 is 0 Å². The molecule has 1 amide bonds. The van der Waals surface area contributed by atoms with Crippen LogP contribution in [0.5, 0.6) is 0 Å². The number of nitrogens with zero attached hydrogens (tertiary/aromatic N) is 1. The highest BCUT2D eigenvalue weighted by Gasteiger charge is 2.28. The molecule has 0 bridgehead atoms. The number of rotatable bonds is 1. The lowest BCUT2D eigenvalue weighted by Crippen LogP contribution is -2.46. The lowest BCUT2D eigenvalue weighted by molar-refractivity contribution is 0.0203. The summed E-state index contributed by atoms with van der Waals surface area (Å²) in [5.74, 6) is 1.08. The van der Waals surface area contributed by atoms with Crippen LogP contribution in [0.2, 0.25) is 0 Å². The first-order chi connectivity index (χ1) is 8.16. The number of ether oxygens (including phenoxy) is 1. The number of amides is 1. The molecule has 0 aromatic heterocycles. The Bertz CT molecular complexity index is 270. The minimum Gasteiger partial charge on any atom is -0.444 e. The van der Waals surface area contributed by atoms with Crippen molar-refractivity contribution in [3.8, 4) is 0 Å². The molecular formula is C13H24N2O2. The van der Waals surface area contributed by atoms with Crippen molar-refractivity contribution in [2.45, 2.75) is 39.2 Å². The minimum absolute atomic E-state index is 0.0495. The first-order valence-corrected chi connectivity index (χ1v) is 6.83. The summed E-state index contributed by atoms with van der Waals surface area (Å²) in [5.41, 5.74) is 0. The van der Waals surface area contributed by atoms with Crippen LogP contribution in [0, 0.1) is 11.8 Å². The van der Waals surface area contributed by atoms with E-state index in [1.807, 2.05) is 4.90 Å². The molecular weight excluding hydrogens is 216 g/mol. The Labute approximate surface area is 104 Å². The van der Waals surface area contributed by atoms with Gasteiger partial charge in [-0.25, -0.2) is 4.79 Å². The van der Waals surface area contributed by atoms with Crippen molar-refractivity contribution in [1.82, 2.24) is 10.2 Å². The highest BCUT2D eigenvalue weighted by Crippen LogP contribution is 2.19.